The van der Waals surface area contributed by atoms with E-state index in [0.29, 0.717) is 37.4 Å². The van der Waals surface area contributed by atoms with E-state index in [1.807, 2.05) is 31.3 Å². The van der Waals surface area contributed by atoms with Crippen LogP contribution in [-0.2, 0) is 23.0 Å². The van der Waals surface area contributed by atoms with Crippen LogP contribution < -0.4 is 5.32 Å². The first kappa shape index (κ1) is 22.8. The summed E-state index contributed by atoms with van der Waals surface area (Å²) in [5.41, 5.74) is 2.89. The van der Waals surface area contributed by atoms with Gasteiger partial charge < -0.3 is 14.8 Å². The van der Waals surface area contributed by atoms with E-state index in [1.54, 1.807) is 18.2 Å². The van der Waals surface area contributed by atoms with Crippen LogP contribution >= 0.6 is 0 Å². The Labute approximate surface area is 200 Å². The highest BCUT2D eigenvalue weighted by atomic mass is 32.2. The number of sulfonamides is 1. The third-order valence-corrected chi connectivity index (χ3v) is 8.44. The second-order valence-electron chi connectivity index (χ2n) is 8.96. The standard InChI is InChI=1S/C25H29N5O3S/c1-28-13-15-30(16-14-28)34(32,33)22-6-4-5-20(17-22)25(31)26-21-10-8-19(9-11-21)23-18-29-12-3-2-7-24(29)27-23/h4-6,8-11,17-18H,2-3,7,12-16H2,1H3,(H,26,31). The van der Waals surface area contributed by atoms with E-state index in [1.165, 1.54) is 23.2 Å². The van der Waals surface area contributed by atoms with Crippen LogP contribution in [0.15, 0.2) is 59.6 Å². The van der Waals surface area contributed by atoms with Crippen LogP contribution in [0.2, 0.25) is 0 Å². The number of piperazine rings is 1. The van der Waals surface area contributed by atoms with Crippen LogP contribution in [0, 0.1) is 0 Å². The summed E-state index contributed by atoms with van der Waals surface area (Å²) in [7, 11) is -1.66. The Hall–Kier alpha value is -3.01. The molecule has 1 amide bonds. The van der Waals surface area contributed by atoms with Crippen molar-refractivity contribution >= 4 is 21.6 Å². The first-order chi connectivity index (χ1) is 16.4. The lowest BCUT2D eigenvalue weighted by atomic mass is 10.1. The van der Waals surface area contributed by atoms with Crippen molar-refractivity contribution in [1.29, 1.82) is 0 Å². The summed E-state index contributed by atoms with van der Waals surface area (Å²) in [6.45, 7) is 3.29. The largest absolute Gasteiger partial charge is 0.334 e. The summed E-state index contributed by atoms with van der Waals surface area (Å²) < 4.78 is 29.8. The van der Waals surface area contributed by atoms with Crippen molar-refractivity contribution in [3.63, 3.8) is 0 Å². The molecule has 0 unspecified atom stereocenters. The van der Waals surface area contributed by atoms with Crippen molar-refractivity contribution in [2.45, 2.75) is 30.7 Å². The third-order valence-electron chi connectivity index (χ3n) is 6.54. The van der Waals surface area contributed by atoms with Crippen LogP contribution in [0.3, 0.4) is 0 Å². The normalized spacial score (nSPS) is 17.3. The topological polar surface area (TPSA) is 87.5 Å². The molecule has 1 saturated heterocycles. The fraction of sp³-hybridized carbons (Fsp3) is 0.360. The molecule has 2 aliphatic rings. The van der Waals surface area contributed by atoms with Crippen molar-refractivity contribution in [2.75, 3.05) is 38.5 Å². The van der Waals surface area contributed by atoms with E-state index in [-0.39, 0.29) is 10.8 Å². The zero-order chi connectivity index (χ0) is 23.7. The van der Waals surface area contributed by atoms with Gasteiger partial charge in [-0.2, -0.15) is 4.31 Å². The molecule has 0 saturated carbocycles. The molecule has 1 fully saturated rings. The van der Waals surface area contributed by atoms with E-state index >= 15 is 0 Å². The summed E-state index contributed by atoms with van der Waals surface area (Å²) in [5, 5.41) is 2.87. The zero-order valence-corrected chi connectivity index (χ0v) is 20.1. The van der Waals surface area contributed by atoms with Gasteiger partial charge in [0.2, 0.25) is 10.0 Å². The highest BCUT2D eigenvalue weighted by molar-refractivity contribution is 7.89. The van der Waals surface area contributed by atoms with E-state index < -0.39 is 10.0 Å². The molecule has 0 spiro atoms. The van der Waals surface area contributed by atoms with Crippen molar-refractivity contribution in [1.82, 2.24) is 18.8 Å². The molecule has 34 heavy (non-hydrogen) atoms. The number of likely N-dealkylation sites (N-methyl/N-ethyl adjacent to an activating group) is 1. The van der Waals surface area contributed by atoms with Crippen molar-refractivity contribution < 1.29 is 13.2 Å². The number of carbonyl (C=O) groups is 1. The quantitative estimate of drug-likeness (QED) is 0.608. The SMILES string of the molecule is CN1CCN(S(=O)(=O)c2cccc(C(=O)Nc3ccc(-c4cn5c(n4)CCCC5)cc3)c2)CC1. The fourth-order valence-electron chi connectivity index (χ4n) is 4.45. The number of hydrogen-bond acceptors (Lipinski definition) is 5. The van der Waals surface area contributed by atoms with Gasteiger partial charge in [0.1, 0.15) is 5.82 Å². The lowest BCUT2D eigenvalue weighted by Crippen LogP contribution is -2.47. The molecule has 2 aromatic carbocycles. The monoisotopic (exact) mass is 479 g/mol. The van der Waals surface area contributed by atoms with Crippen LogP contribution in [0.5, 0.6) is 0 Å². The number of rotatable bonds is 5. The van der Waals surface area contributed by atoms with Crippen LogP contribution in [0.1, 0.15) is 29.0 Å². The van der Waals surface area contributed by atoms with E-state index in [0.717, 1.165) is 30.0 Å². The van der Waals surface area contributed by atoms with Crippen molar-refractivity contribution in [3.8, 4) is 11.3 Å². The average Bonchev–Trinajstić information content (AvgIpc) is 3.29. The van der Waals surface area contributed by atoms with E-state index in [4.69, 9.17) is 4.98 Å². The summed E-state index contributed by atoms with van der Waals surface area (Å²) in [6, 6.07) is 13.8. The minimum atomic E-state index is -3.63. The van der Waals surface area contributed by atoms with Gasteiger partial charge in [-0.1, -0.05) is 18.2 Å². The maximum Gasteiger partial charge on any atom is 0.255 e. The molecule has 0 bridgehead atoms. The Morgan fingerprint density at radius 3 is 2.47 bits per heavy atom. The summed E-state index contributed by atoms with van der Waals surface area (Å²) in [6.07, 6.45) is 5.47. The highest BCUT2D eigenvalue weighted by Crippen LogP contribution is 2.24. The van der Waals surface area contributed by atoms with Gasteiger partial charge in [0.15, 0.2) is 0 Å². The molecule has 0 radical (unpaired) electrons. The summed E-state index contributed by atoms with van der Waals surface area (Å²) in [5.74, 6) is 0.783. The molecule has 9 heteroatoms. The molecule has 1 aromatic heterocycles. The number of aromatic nitrogens is 2. The maximum absolute atomic E-state index is 13.0. The first-order valence-corrected chi connectivity index (χ1v) is 13.1. The van der Waals surface area contributed by atoms with Gasteiger partial charge in [0.05, 0.1) is 10.6 Å². The fourth-order valence-corrected chi connectivity index (χ4v) is 5.92. The van der Waals surface area contributed by atoms with E-state index in [9.17, 15) is 13.2 Å². The predicted molar refractivity (Wildman–Crippen MR) is 131 cm³/mol. The molecule has 8 nitrogen and oxygen atoms in total. The molecular weight excluding hydrogens is 450 g/mol. The zero-order valence-electron chi connectivity index (χ0n) is 19.3. The van der Waals surface area contributed by atoms with Gasteiger partial charge in [-0.3, -0.25) is 4.79 Å². The number of anilines is 1. The molecule has 3 aromatic rings. The lowest BCUT2D eigenvalue weighted by molar-refractivity contribution is 0.102. The van der Waals surface area contributed by atoms with Crippen molar-refractivity contribution in [3.05, 3.63) is 66.1 Å². The number of amides is 1. The number of imidazole rings is 1. The molecule has 2 aliphatic heterocycles. The maximum atomic E-state index is 13.0. The van der Waals surface area contributed by atoms with Crippen LogP contribution in [0.25, 0.3) is 11.3 Å². The van der Waals surface area contributed by atoms with Gasteiger partial charge in [-0.05, 0) is 50.2 Å². The van der Waals surface area contributed by atoms with Gasteiger partial charge in [-0.25, -0.2) is 13.4 Å². The second kappa shape index (κ2) is 9.32. The minimum absolute atomic E-state index is 0.142. The number of hydrogen-bond donors (Lipinski definition) is 1. The number of benzene rings is 2. The number of carbonyl (C=O) groups excluding carboxylic acids is 1. The third kappa shape index (κ3) is 4.64. The van der Waals surface area contributed by atoms with Gasteiger partial charge in [0.25, 0.3) is 5.91 Å². The number of nitrogens with zero attached hydrogens (tertiary/aromatic N) is 4. The highest BCUT2D eigenvalue weighted by Gasteiger charge is 2.28. The van der Waals surface area contributed by atoms with Crippen LogP contribution in [0.4, 0.5) is 5.69 Å². The Bertz CT molecular complexity index is 1270. The number of fused-ring (bicyclic) bond motifs is 1. The number of aryl methyl sites for hydroxylation is 2. The smallest absolute Gasteiger partial charge is 0.255 e. The van der Waals surface area contributed by atoms with Crippen molar-refractivity contribution in [2.24, 2.45) is 0 Å². The van der Waals surface area contributed by atoms with Gasteiger partial charge in [0, 0.05) is 62.2 Å². The van der Waals surface area contributed by atoms with Crippen LogP contribution in [-0.4, -0.2) is 66.3 Å². The first-order valence-electron chi connectivity index (χ1n) is 11.7. The predicted octanol–water partition coefficient (Wildman–Crippen LogP) is 3.07. The second-order valence-corrected chi connectivity index (χ2v) is 10.9. The van der Waals surface area contributed by atoms with E-state index in [2.05, 4.69) is 21.0 Å². The van der Waals surface area contributed by atoms with Gasteiger partial charge >= 0.3 is 0 Å². The summed E-state index contributed by atoms with van der Waals surface area (Å²) >= 11 is 0. The van der Waals surface area contributed by atoms with Gasteiger partial charge in [-0.15, -0.1) is 0 Å². The Kier molecular flexibility index (Phi) is 6.24. The Morgan fingerprint density at radius 2 is 1.74 bits per heavy atom. The molecule has 3 heterocycles. The minimum Gasteiger partial charge on any atom is -0.334 e. The average molecular weight is 480 g/mol. The molecule has 0 aliphatic carbocycles. The molecule has 1 N–H and O–H groups in total. The summed E-state index contributed by atoms with van der Waals surface area (Å²) in [4.78, 5) is 19.8. The molecule has 178 valence electrons. The number of nitrogens with one attached hydrogen (secondary N) is 1. The molecule has 5 rings (SSSR count). The lowest BCUT2D eigenvalue weighted by Gasteiger charge is -2.31. The Balaban J connectivity index is 1.28. The Morgan fingerprint density at radius 1 is 0.971 bits per heavy atom. The molecular formula is C25H29N5O3S. The molecule has 0 atom stereocenters.